The quantitative estimate of drug-likeness (QED) is 0.651. The van der Waals surface area contributed by atoms with Crippen LogP contribution < -0.4 is 4.74 Å². The van der Waals surface area contributed by atoms with Gasteiger partial charge in [-0.25, -0.2) is 4.39 Å². The van der Waals surface area contributed by atoms with Gasteiger partial charge in [0.05, 0.1) is 11.1 Å². The van der Waals surface area contributed by atoms with Gasteiger partial charge in [-0.05, 0) is 12.1 Å². The minimum absolute atomic E-state index is 0.311. The Hall–Kier alpha value is -0.970. The predicted octanol–water partition coefficient (Wildman–Crippen LogP) is 3.18. The Morgan fingerprint density at radius 3 is 2.38 bits per heavy atom. The van der Waals surface area contributed by atoms with Crippen molar-refractivity contribution in [3.05, 3.63) is 29.0 Å². The molecule has 0 N–H and O–H groups in total. The first-order valence-electron chi connectivity index (χ1n) is 3.01. The zero-order valence-corrected chi connectivity index (χ0v) is 6.71. The van der Waals surface area contributed by atoms with Crippen LogP contribution in [0.3, 0.4) is 0 Å². The van der Waals surface area contributed by atoms with Gasteiger partial charge < -0.3 is 4.74 Å². The fourth-order valence-corrected chi connectivity index (χ4v) is 0.726. The molecule has 1 aromatic rings. The van der Waals surface area contributed by atoms with E-state index in [4.69, 9.17) is 11.6 Å². The summed E-state index contributed by atoms with van der Waals surface area (Å²) in [6.07, 6.45) is -4.85. The van der Waals surface area contributed by atoms with Crippen LogP contribution in [0.15, 0.2) is 12.1 Å². The van der Waals surface area contributed by atoms with Gasteiger partial charge in [0, 0.05) is 0 Å². The minimum atomic E-state index is -4.85. The molecule has 13 heavy (non-hydrogen) atoms. The number of ether oxygens (including phenoxy) is 1. The second kappa shape index (κ2) is 3.41. The highest BCUT2D eigenvalue weighted by Gasteiger charge is 2.31. The molecule has 0 fully saturated rings. The summed E-state index contributed by atoms with van der Waals surface area (Å²) < 4.78 is 50.6. The summed E-state index contributed by atoms with van der Waals surface area (Å²) in [5, 5.41) is -0.311. The Bertz CT molecular complexity index is 310. The normalized spacial score (nSPS) is 11.5. The molecule has 0 saturated carbocycles. The van der Waals surface area contributed by atoms with Crippen molar-refractivity contribution >= 4 is 11.6 Å². The van der Waals surface area contributed by atoms with Crippen molar-refractivity contribution in [1.82, 2.24) is 0 Å². The van der Waals surface area contributed by atoms with Crippen LogP contribution in [0.4, 0.5) is 17.6 Å². The van der Waals surface area contributed by atoms with E-state index in [9.17, 15) is 17.6 Å². The van der Waals surface area contributed by atoms with E-state index in [1.807, 2.05) is 0 Å². The molecule has 0 aliphatic carbocycles. The van der Waals surface area contributed by atoms with E-state index in [0.29, 0.717) is 0 Å². The van der Waals surface area contributed by atoms with E-state index in [1.165, 1.54) is 0 Å². The lowest BCUT2D eigenvalue weighted by molar-refractivity contribution is -0.274. The molecule has 0 amide bonds. The van der Waals surface area contributed by atoms with Crippen molar-refractivity contribution in [3.63, 3.8) is 0 Å². The molecule has 0 spiro atoms. The predicted molar refractivity (Wildman–Crippen MR) is 36.9 cm³/mol. The van der Waals surface area contributed by atoms with Crippen molar-refractivity contribution < 1.29 is 22.3 Å². The van der Waals surface area contributed by atoms with Gasteiger partial charge in [-0.3, -0.25) is 0 Å². The molecule has 1 nitrogen and oxygen atoms in total. The Labute approximate surface area is 75.9 Å². The molecule has 0 saturated heterocycles. The maximum atomic E-state index is 12.5. The molecular weight excluding hydrogens is 212 g/mol. The van der Waals surface area contributed by atoms with Gasteiger partial charge in [0.25, 0.3) is 0 Å². The van der Waals surface area contributed by atoms with Gasteiger partial charge in [-0.1, -0.05) is 11.6 Å². The van der Waals surface area contributed by atoms with Gasteiger partial charge in [0.2, 0.25) is 0 Å². The summed E-state index contributed by atoms with van der Waals surface area (Å²) in [5.41, 5.74) is 0. The molecule has 0 atom stereocenters. The van der Waals surface area contributed by atoms with Gasteiger partial charge in [-0.15, -0.1) is 13.2 Å². The molecular formula is C7H2ClF4O. The van der Waals surface area contributed by atoms with Gasteiger partial charge in [-0.2, -0.15) is 0 Å². The number of rotatable bonds is 1. The monoisotopic (exact) mass is 213 g/mol. The van der Waals surface area contributed by atoms with Crippen LogP contribution in [0.25, 0.3) is 0 Å². The second-order valence-electron chi connectivity index (χ2n) is 2.03. The summed E-state index contributed by atoms with van der Waals surface area (Å²) >= 11 is 5.21. The van der Waals surface area contributed by atoms with Gasteiger partial charge >= 0.3 is 6.36 Å². The SMILES string of the molecule is Fc1[c]c(OC(F)(F)F)ccc1Cl. The van der Waals surface area contributed by atoms with Crippen LogP contribution in [0.1, 0.15) is 0 Å². The Morgan fingerprint density at radius 1 is 1.31 bits per heavy atom. The number of hydrogen-bond acceptors (Lipinski definition) is 1. The number of halogens is 5. The molecule has 0 aliphatic rings. The van der Waals surface area contributed by atoms with Gasteiger partial charge in [0.15, 0.2) is 5.82 Å². The molecule has 0 aliphatic heterocycles. The first-order chi connectivity index (χ1) is 5.88. The Kier molecular flexibility index (Phi) is 2.66. The fraction of sp³-hybridized carbons (Fsp3) is 0.143. The molecule has 1 radical (unpaired) electrons. The fourth-order valence-electron chi connectivity index (χ4n) is 0.616. The topological polar surface area (TPSA) is 9.23 Å². The third-order valence-corrected chi connectivity index (χ3v) is 1.34. The van der Waals surface area contributed by atoms with Crippen molar-refractivity contribution in [2.45, 2.75) is 6.36 Å². The maximum absolute atomic E-state index is 12.5. The Morgan fingerprint density at radius 2 is 1.92 bits per heavy atom. The van der Waals surface area contributed by atoms with Crippen LogP contribution in [-0.4, -0.2) is 6.36 Å². The summed E-state index contributed by atoms with van der Waals surface area (Å²) in [6.45, 7) is 0. The van der Waals surface area contributed by atoms with E-state index in [2.05, 4.69) is 4.74 Å². The minimum Gasteiger partial charge on any atom is -0.405 e. The van der Waals surface area contributed by atoms with Crippen molar-refractivity contribution in [3.8, 4) is 5.75 Å². The average molecular weight is 214 g/mol. The van der Waals surface area contributed by atoms with Crippen LogP contribution in [0, 0.1) is 11.9 Å². The zero-order valence-electron chi connectivity index (χ0n) is 5.95. The highest BCUT2D eigenvalue weighted by Crippen LogP contribution is 2.25. The second-order valence-corrected chi connectivity index (χ2v) is 2.44. The van der Waals surface area contributed by atoms with Crippen LogP contribution in [0.5, 0.6) is 5.75 Å². The highest BCUT2D eigenvalue weighted by atomic mass is 35.5. The van der Waals surface area contributed by atoms with Crippen molar-refractivity contribution in [2.24, 2.45) is 0 Å². The third kappa shape index (κ3) is 3.10. The summed E-state index contributed by atoms with van der Waals surface area (Å²) in [5.74, 6) is -1.84. The Balaban J connectivity index is 2.86. The molecule has 0 heterocycles. The summed E-state index contributed by atoms with van der Waals surface area (Å²) in [4.78, 5) is 0. The zero-order chi connectivity index (χ0) is 10.1. The molecule has 6 heteroatoms. The highest BCUT2D eigenvalue weighted by molar-refractivity contribution is 6.30. The van der Waals surface area contributed by atoms with Crippen molar-refractivity contribution in [2.75, 3.05) is 0 Å². The first kappa shape index (κ1) is 10.1. The lowest BCUT2D eigenvalue weighted by atomic mass is 10.3. The van der Waals surface area contributed by atoms with Gasteiger partial charge in [0.1, 0.15) is 5.75 Å². The largest absolute Gasteiger partial charge is 0.573 e. The third-order valence-electron chi connectivity index (χ3n) is 1.05. The van der Waals surface area contributed by atoms with E-state index in [0.717, 1.165) is 12.1 Å². The van der Waals surface area contributed by atoms with Crippen LogP contribution in [-0.2, 0) is 0 Å². The lowest BCUT2D eigenvalue weighted by Gasteiger charge is -2.07. The van der Waals surface area contributed by atoms with E-state index in [-0.39, 0.29) is 5.02 Å². The smallest absolute Gasteiger partial charge is 0.405 e. The number of alkyl halides is 3. The number of hydrogen-bond donors (Lipinski definition) is 0. The maximum Gasteiger partial charge on any atom is 0.573 e. The first-order valence-corrected chi connectivity index (χ1v) is 3.39. The summed E-state index contributed by atoms with van der Waals surface area (Å²) in [7, 11) is 0. The lowest BCUT2D eigenvalue weighted by Crippen LogP contribution is -2.17. The van der Waals surface area contributed by atoms with E-state index >= 15 is 0 Å². The molecule has 1 aromatic carbocycles. The van der Waals surface area contributed by atoms with Crippen LogP contribution in [0.2, 0.25) is 5.02 Å². The van der Waals surface area contributed by atoms with E-state index < -0.39 is 17.9 Å². The van der Waals surface area contributed by atoms with Crippen molar-refractivity contribution in [1.29, 1.82) is 0 Å². The summed E-state index contributed by atoms with van der Waals surface area (Å²) in [6, 6.07) is 3.52. The number of benzene rings is 1. The molecule has 1 rings (SSSR count). The molecule has 0 aromatic heterocycles. The molecule has 0 bridgehead atoms. The standard InChI is InChI=1S/C7H2ClF4O/c8-5-2-1-4(3-6(5)9)13-7(10,11)12/h1-2H. The molecule has 0 unspecified atom stereocenters. The average Bonchev–Trinajstić information content (AvgIpc) is 1.94. The van der Waals surface area contributed by atoms with E-state index in [1.54, 1.807) is 6.07 Å². The van der Waals surface area contributed by atoms with Crippen LogP contribution >= 0.6 is 11.6 Å². The molecule has 71 valence electrons.